The molecule has 1 N–H and O–H groups in total. The topological polar surface area (TPSA) is 77.9 Å². The predicted molar refractivity (Wildman–Crippen MR) is 99.0 cm³/mol. The van der Waals surface area contributed by atoms with Crippen LogP contribution < -0.4 is 0 Å². The molecule has 2 aromatic rings. The van der Waals surface area contributed by atoms with Crippen LogP contribution in [0.4, 0.5) is 0 Å². The summed E-state index contributed by atoms with van der Waals surface area (Å²) in [5.41, 5.74) is 0.674. The summed E-state index contributed by atoms with van der Waals surface area (Å²) in [6.07, 6.45) is 0. The van der Waals surface area contributed by atoms with Crippen molar-refractivity contribution < 1.29 is 18.3 Å². The minimum absolute atomic E-state index is 0.00874. The number of nitrogens with zero attached hydrogens (tertiary/aromatic N) is 2. The molecule has 138 valence electrons. The standard InChI is InChI=1S/C18H19ClN2O4S/c1-20-9-10-21(17(12-20)13-5-3-2-4-6-13)26(24,25)14-7-8-16(19)15(11-14)18(22)23/h2-8,11,17H,9-10,12H2,1H3,(H,22,23)/t17-/m1/s1. The highest BCUT2D eigenvalue weighted by atomic mass is 35.5. The Kier molecular flexibility index (Phi) is 5.34. The fraction of sp³-hybridized carbons (Fsp3) is 0.278. The molecule has 0 aliphatic carbocycles. The second-order valence-corrected chi connectivity index (χ2v) is 8.55. The summed E-state index contributed by atoms with van der Waals surface area (Å²) in [6.45, 7) is 1.48. The van der Waals surface area contributed by atoms with E-state index in [9.17, 15) is 18.3 Å². The first-order chi connectivity index (χ1) is 12.3. The third-order valence-electron chi connectivity index (χ3n) is 4.49. The van der Waals surface area contributed by atoms with E-state index < -0.39 is 16.0 Å². The molecule has 2 aromatic carbocycles. The van der Waals surface area contributed by atoms with E-state index in [1.165, 1.54) is 16.4 Å². The molecule has 1 atom stereocenters. The summed E-state index contributed by atoms with van der Waals surface area (Å²) < 4.78 is 27.9. The number of halogens is 1. The van der Waals surface area contributed by atoms with E-state index in [1.54, 1.807) is 0 Å². The summed E-state index contributed by atoms with van der Waals surface area (Å²) in [6, 6.07) is 12.9. The zero-order chi connectivity index (χ0) is 18.9. The van der Waals surface area contributed by atoms with Crippen LogP contribution in [-0.2, 0) is 10.0 Å². The van der Waals surface area contributed by atoms with E-state index in [4.69, 9.17) is 11.6 Å². The van der Waals surface area contributed by atoms with Crippen LogP contribution >= 0.6 is 11.6 Å². The maximum Gasteiger partial charge on any atom is 0.337 e. The van der Waals surface area contributed by atoms with Crippen LogP contribution in [0.5, 0.6) is 0 Å². The number of benzene rings is 2. The maximum atomic E-state index is 13.2. The lowest BCUT2D eigenvalue weighted by molar-refractivity contribution is 0.0697. The minimum Gasteiger partial charge on any atom is -0.478 e. The number of piperazine rings is 1. The van der Waals surface area contributed by atoms with Gasteiger partial charge >= 0.3 is 5.97 Å². The number of rotatable bonds is 4. The third kappa shape index (κ3) is 3.61. The molecule has 26 heavy (non-hydrogen) atoms. The quantitative estimate of drug-likeness (QED) is 0.862. The Morgan fingerprint density at radius 1 is 1.15 bits per heavy atom. The lowest BCUT2D eigenvalue weighted by atomic mass is 10.1. The smallest absolute Gasteiger partial charge is 0.337 e. The molecule has 0 bridgehead atoms. The molecule has 0 radical (unpaired) electrons. The van der Waals surface area contributed by atoms with Crippen molar-refractivity contribution >= 4 is 27.6 Å². The van der Waals surface area contributed by atoms with Gasteiger partial charge in [-0.25, -0.2) is 13.2 Å². The lowest BCUT2D eigenvalue weighted by Crippen LogP contribution is -2.49. The molecule has 0 aromatic heterocycles. The van der Waals surface area contributed by atoms with Crippen LogP contribution in [0.2, 0.25) is 5.02 Å². The van der Waals surface area contributed by atoms with E-state index in [0.29, 0.717) is 19.6 Å². The number of hydrogen-bond donors (Lipinski definition) is 1. The molecule has 1 aliphatic rings. The summed E-state index contributed by atoms with van der Waals surface area (Å²) in [5.74, 6) is -1.26. The van der Waals surface area contributed by atoms with Gasteiger partial charge in [0.1, 0.15) is 0 Å². The van der Waals surface area contributed by atoms with E-state index in [1.807, 2.05) is 37.4 Å². The minimum atomic E-state index is -3.87. The average molecular weight is 395 g/mol. The number of carboxylic acids is 1. The Bertz CT molecular complexity index is 918. The number of sulfonamides is 1. The highest BCUT2D eigenvalue weighted by Gasteiger charge is 2.36. The average Bonchev–Trinajstić information content (AvgIpc) is 2.62. The van der Waals surface area contributed by atoms with Crippen molar-refractivity contribution in [1.82, 2.24) is 9.21 Å². The molecule has 1 aliphatic heterocycles. The van der Waals surface area contributed by atoms with Gasteiger partial charge in [0.05, 0.1) is 21.5 Å². The van der Waals surface area contributed by atoms with Gasteiger partial charge < -0.3 is 10.0 Å². The Balaban J connectivity index is 2.04. The highest BCUT2D eigenvalue weighted by Crippen LogP contribution is 2.32. The Morgan fingerprint density at radius 3 is 2.50 bits per heavy atom. The number of carboxylic acid groups (broad SMARTS) is 1. The van der Waals surface area contributed by atoms with Crippen molar-refractivity contribution in [1.29, 1.82) is 0 Å². The molecular weight excluding hydrogens is 376 g/mol. The molecule has 1 fully saturated rings. The molecule has 3 rings (SSSR count). The van der Waals surface area contributed by atoms with E-state index >= 15 is 0 Å². The summed E-state index contributed by atoms with van der Waals surface area (Å²) in [5, 5.41) is 9.24. The summed E-state index contributed by atoms with van der Waals surface area (Å²) in [7, 11) is -1.92. The largest absolute Gasteiger partial charge is 0.478 e. The fourth-order valence-corrected chi connectivity index (χ4v) is 4.92. The SMILES string of the molecule is CN1CCN(S(=O)(=O)c2ccc(Cl)c(C(=O)O)c2)[C@@H](c2ccccc2)C1. The predicted octanol–water partition coefficient (Wildman–Crippen LogP) is 2.72. The maximum absolute atomic E-state index is 13.2. The van der Waals surface area contributed by atoms with Gasteiger partial charge in [-0.05, 0) is 30.8 Å². The van der Waals surface area contributed by atoms with E-state index in [0.717, 1.165) is 11.6 Å². The zero-order valence-corrected chi connectivity index (χ0v) is 15.7. The molecule has 1 heterocycles. The first-order valence-electron chi connectivity index (χ1n) is 8.09. The fourth-order valence-electron chi connectivity index (χ4n) is 3.10. The number of hydrogen-bond acceptors (Lipinski definition) is 4. The van der Waals surface area contributed by atoms with Gasteiger partial charge in [-0.15, -0.1) is 0 Å². The Morgan fingerprint density at radius 2 is 1.85 bits per heavy atom. The van der Waals surface area contributed by atoms with Crippen molar-refractivity contribution in [2.75, 3.05) is 26.7 Å². The monoisotopic (exact) mass is 394 g/mol. The van der Waals surface area contributed by atoms with Crippen LogP contribution in [0.15, 0.2) is 53.4 Å². The first-order valence-corrected chi connectivity index (χ1v) is 9.90. The van der Waals surface area contributed by atoms with Crippen molar-refractivity contribution in [3.8, 4) is 0 Å². The highest BCUT2D eigenvalue weighted by molar-refractivity contribution is 7.89. The second kappa shape index (κ2) is 7.36. The van der Waals surface area contributed by atoms with Crippen LogP contribution in [-0.4, -0.2) is 55.4 Å². The van der Waals surface area contributed by atoms with Crippen LogP contribution in [0, 0.1) is 0 Å². The van der Waals surface area contributed by atoms with Crippen molar-refractivity contribution in [3.63, 3.8) is 0 Å². The number of aromatic carboxylic acids is 1. The summed E-state index contributed by atoms with van der Waals surface area (Å²) in [4.78, 5) is 13.3. The molecule has 0 amide bonds. The molecule has 1 saturated heterocycles. The molecule has 8 heteroatoms. The molecule has 0 unspecified atom stereocenters. The first kappa shape index (κ1) is 18.8. The van der Waals surface area contributed by atoms with Crippen molar-refractivity contribution in [2.24, 2.45) is 0 Å². The van der Waals surface area contributed by atoms with Gasteiger partial charge in [-0.3, -0.25) is 0 Å². The number of carbonyl (C=O) groups is 1. The van der Waals surface area contributed by atoms with Crippen LogP contribution in [0.3, 0.4) is 0 Å². The van der Waals surface area contributed by atoms with Gasteiger partial charge in [0.25, 0.3) is 0 Å². The Hall–Kier alpha value is -1.93. The van der Waals surface area contributed by atoms with Crippen molar-refractivity contribution in [2.45, 2.75) is 10.9 Å². The van der Waals surface area contributed by atoms with Gasteiger partial charge in [0.15, 0.2) is 0 Å². The molecule has 6 nitrogen and oxygen atoms in total. The normalized spacial score (nSPS) is 19.4. The van der Waals surface area contributed by atoms with Crippen LogP contribution in [0.1, 0.15) is 22.0 Å². The van der Waals surface area contributed by atoms with Crippen LogP contribution in [0.25, 0.3) is 0 Å². The number of likely N-dealkylation sites (N-methyl/N-ethyl adjacent to an activating group) is 1. The van der Waals surface area contributed by atoms with Gasteiger partial charge in [0.2, 0.25) is 10.0 Å². The lowest BCUT2D eigenvalue weighted by Gasteiger charge is -2.39. The van der Waals surface area contributed by atoms with Gasteiger partial charge in [0, 0.05) is 19.6 Å². The van der Waals surface area contributed by atoms with Gasteiger partial charge in [-0.1, -0.05) is 41.9 Å². The van der Waals surface area contributed by atoms with Gasteiger partial charge in [-0.2, -0.15) is 4.31 Å². The molecular formula is C18H19ClN2O4S. The second-order valence-electron chi connectivity index (χ2n) is 6.25. The zero-order valence-electron chi connectivity index (χ0n) is 14.2. The third-order valence-corrected chi connectivity index (χ3v) is 6.73. The molecule has 0 saturated carbocycles. The van der Waals surface area contributed by atoms with E-state index in [2.05, 4.69) is 4.90 Å². The molecule has 0 spiro atoms. The van der Waals surface area contributed by atoms with Crippen molar-refractivity contribution in [3.05, 3.63) is 64.7 Å². The van der Waals surface area contributed by atoms with E-state index in [-0.39, 0.29) is 21.5 Å². The Labute approximate surface area is 157 Å². The summed E-state index contributed by atoms with van der Waals surface area (Å²) >= 11 is 5.87.